The van der Waals surface area contributed by atoms with Crippen LogP contribution in [-0.2, 0) is 14.1 Å². The first kappa shape index (κ1) is 22.4. The molecule has 6 nitrogen and oxygen atoms in total. The fourth-order valence-corrected chi connectivity index (χ4v) is 5.25. The minimum atomic E-state index is -0.558. The Labute approximate surface area is 212 Å². The minimum Gasteiger partial charge on any atom is -0.477 e. The Hall–Kier alpha value is -4.03. The zero-order chi connectivity index (χ0) is 25.3. The molecule has 3 aromatic carbocycles. The first-order valence-electron chi connectivity index (χ1n) is 11.7. The smallest absolute Gasteiger partial charge is 0.331 e. The molecule has 0 aliphatic carbocycles. The van der Waals surface area contributed by atoms with Gasteiger partial charge < -0.3 is 9.30 Å². The van der Waals surface area contributed by atoms with E-state index in [0.717, 1.165) is 39.3 Å². The lowest BCUT2D eigenvalue weighted by Crippen LogP contribution is -2.37. The third-order valence-electron chi connectivity index (χ3n) is 6.95. The zero-order valence-electron chi connectivity index (χ0n) is 20.4. The molecule has 36 heavy (non-hydrogen) atoms. The van der Waals surface area contributed by atoms with E-state index in [1.165, 1.54) is 11.6 Å². The van der Waals surface area contributed by atoms with Crippen LogP contribution in [0.2, 0.25) is 5.02 Å². The van der Waals surface area contributed by atoms with Gasteiger partial charge in [0.25, 0.3) is 5.56 Å². The second-order valence-electron chi connectivity index (χ2n) is 9.39. The largest absolute Gasteiger partial charge is 0.477 e. The van der Waals surface area contributed by atoms with E-state index in [2.05, 4.69) is 10.6 Å². The summed E-state index contributed by atoms with van der Waals surface area (Å²) in [4.78, 5) is 26.9. The molecule has 0 bridgehead atoms. The van der Waals surface area contributed by atoms with Crippen molar-refractivity contribution >= 4 is 22.5 Å². The van der Waals surface area contributed by atoms with Crippen LogP contribution in [0.3, 0.4) is 0 Å². The molecule has 0 fully saturated rings. The molecule has 0 saturated heterocycles. The second-order valence-corrected chi connectivity index (χ2v) is 9.82. The normalized spacial score (nSPS) is 14.4. The molecule has 0 spiro atoms. The lowest BCUT2D eigenvalue weighted by molar-refractivity contribution is 0.229. The second kappa shape index (κ2) is 8.00. The number of hydrogen-bond acceptors (Lipinski definition) is 3. The van der Waals surface area contributed by atoms with E-state index >= 15 is 0 Å². The van der Waals surface area contributed by atoms with Gasteiger partial charge in [0.15, 0.2) is 6.10 Å². The quantitative estimate of drug-likeness (QED) is 0.326. The summed E-state index contributed by atoms with van der Waals surface area (Å²) in [5.74, 6) is 0.698. The van der Waals surface area contributed by atoms with Gasteiger partial charge in [-0.25, -0.2) is 4.79 Å². The van der Waals surface area contributed by atoms with Crippen LogP contribution >= 0.6 is 11.6 Å². The molecule has 7 heteroatoms. The summed E-state index contributed by atoms with van der Waals surface area (Å²) in [5.41, 5.74) is 6.07. The number of fused-ring (bicyclic) bond motifs is 5. The highest BCUT2D eigenvalue weighted by Gasteiger charge is 2.36. The number of hydrogen-bond donors (Lipinski definition) is 0. The van der Waals surface area contributed by atoms with Crippen molar-refractivity contribution in [3.63, 3.8) is 0 Å². The van der Waals surface area contributed by atoms with E-state index < -0.39 is 6.10 Å². The molecule has 180 valence electrons. The van der Waals surface area contributed by atoms with Gasteiger partial charge in [-0.05, 0) is 54.8 Å². The number of ether oxygens (including phenoxy) is 1. The molecule has 6 rings (SSSR count). The molecule has 2 aromatic heterocycles. The van der Waals surface area contributed by atoms with Gasteiger partial charge in [0.1, 0.15) is 5.75 Å². The van der Waals surface area contributed by atoms with Gasteiger partial charge in [-0.1, -0.05) is 59.6 Å². The SMILES string of the molecule is Cc1ccc(-c2c3c(=O)n(C)c(=O)n(C)c3c3n2-c2cc(C)ccc2O[C@H]3c2ccc(Cl)cc2)cc1. The molecule has 3 heterocycles. The Kier molecular flexibility index (Phi) is 4.99. The van der Waals surface area contributed by atoms with Crippen molar-refractivity contribution in [2.45, 2.75) is 20.0 Å². The predicted octanol–water partition coefficient (Wildman–Crippen LogP) is 5.45. The van der Waals surface area contributed by atoms with Crippen LogP contribution in [0.25, 0.3) is 27.8 Å². The molecule has 0 unspecified atom stereocenters. The van der Waals surface area contributed by atoms with Crippen molar-refractivity contribution < 1.29 is 4.74 Å². The molecule has 1 aliphatic rings. The molecule has 0 saturated carbocycles. The molecular formula is C29H24ClN3O3. The van der Waals surface area contributed by atoms with Crippen molar-refractivity contribution in [2.75, 3.05) is 0 Å². The summed E-state index contributed by atoms with van der Waals surface area (Å²) in [7, 11) is 3.22. The van der Waals surface area contributed by atoms with Crippen LogP contribution in [0.4, 0.5) is 0 Å². The van der Waals surface area contributed by atoms with Crippen LogP contribution in [0.1, 0.15) is 28.5 Å². The third kappa shape index (κ3) is 3.18. The van der Waals surface area contributed by atoms with Crippen molar-refractivity contribution in [1.82, 2.24) is 13.7 Å². The summed E-state index contributed by atoms with van der Waals surface area (Å²) in [6, 6.07) is 21.6. The fraction of sp³-hybridized carbons (Fsp3) is 0.172. The van der Waals surface area contributed by atoms with Crippen molar-refractivity contribution in [1.29, 1.82) is 0 Å². The molecule has 0 radical (unpaired) electrons. The maximum absolute atomic E-state index is 13.7. The topological polar surface area (TPSA) is 58.2 Å². The van der Waals surface area contributed by atoms with Crippen LogP contribution < -0.4 is 16.0 Å². The Morgan fingerprint density at radius 1 is 0.833 bits per heavy atom. The molecule has 5 aromatic rings. The summed E-state index contributed by atoms with van der Waals surface area (Å²) in [6.45, 7) is 4.05. The van der Waals surface area contributed by atoms with Crippen LogP contribution in [0, 0.1) is 13.8 Å². The Balaban J connectivity index is 1.86. The highest BCUT2D eigenvalue weighted by atomic mass is 35.5. The van der Waals surface area contributed by atoms with Gasteiger partial charge in [-0.2, -0.15) is 0 Å². The van der Waals surface area contributed by atoms with E-state index in [0.29, 0.717) is 21.7 Å². The molecule has 1 aliphatic heterocycles. The van der Waals surface area contributed by atoms with E-state index in [9.17, 15) is 9.59 Å². The number of aryl methyl sites for hydroxylation is 3. The highest BCUT2D eigenvalue weighted by molar-refractivity contribution is 6.30. The number of rotatable bonds is 2. The molecule has 1 atom stereocenters. The highest BCUT2D eigenvalue weighted by Crippen LogP contribution is 2.46. The first-order valence-corrected chi connectivity index (χ1v) is 12.1. The van der Waals surface area contributed by atoms with Crippen molar-refractivity contribution in [3.05, 3.63) is 115 Å². The summed E-state index contributed by atoms with van der Waals surface area (Å²) >= 11 is 6.19. The molecule has 0 N–H and O–H groups in total. The minimum absolute atomic E-state index is 0.338. The Morgan fingerprint density at radius 2 is 1.50 bits per heavy atom. The molecular weight excluding hydrogens is 474 g/mol. The van der Waals surface area contributed by atoms with Crippen LogP contribution in [-0.4, -0.2) is 13.7 Å². The van der Waals surface area contributed by atoms with E-state index in [4.69, 9.17) is 16.3 Å². The number of aromatic nitrogens is 3. The third-order valence-corrected chi connectivity index (χ3v) is 7.21. The number of benzene rings is 3. The van der Waals surface area contributed by atoms with E-state index in [1.807, 2.05) is 74.5 Å². The average molecular weight is 498 g/mol. The van der Waals surface area contributed by atoms with Gasteiger partial charge in [0.2, 0.25) is 0 Å². The summed E-state index contributed by atoms with van der Waals surface area (Å²) < 4.78 is 11.4. The van der Waals surface area contributed by atoms with Gasteiger partial charge in [-0.15, -0.1) is 0 Å². The number of nitrogens with zero attached hydrogens (tertiary/aromatic N) is 3. The lowest BCUT2D eigenvalue weighted by Gasteiger charge is -2.30. The first-order chi connectivity index (χ1) is 17.3. The number of halogens is 1. The maximum atomic E-state index is 13.7. The van der Waals surface area contributed by atoms with Crippen LogP contribution in [0.5, 0.6) is 5.75 Å². The van der Waals surface area contributed by atoms with Crippen molar-refractivity contribution in [3.8, 4) is 22.7 Å². The van der Waals surface area contributed by atoms with Crippen molar-refractivity contribution in [2.24, 2.45) is 14.1 Å². The molecule has 0 amide bonds. The van der Waals surface area contributed by atoms with Gasteiger partial charge in [-0.3, -0.25) is 13.9 Å². The average Bonchev–Trinajstić information content (AvgIpc) is 3.23. The van der Waals surface area contributed by atoms with E-state index in [1.54, 1.807) is 11.6 Å². The zero-order valence-corrected chi connectivity index (χ0v) is 21.1. The standard InChI is InChI=1S/C29H24ClN3O3/c1-16-5-8-18(9-6-16)24-23-25(31(3)29(35)32(4)28(23)34)26-27(19-10-12-20(30)13-11-19)36-22-14-7-17(2)15-21(22)33(24)26/h5-15,27H,1-4H3/t27-/m0/s1. The summed E-state index contributed by atoms with van der Waals surface area (Å²) in [5, 5.41) is 1.10. The fourth-order valence-electron chi connectivity index (χ4n) is 5.12. The van der Waals surface area contributed by atoms with Crippen LogP contribution in [0.15, 0.2) is 76.3 Å². The van der Waals surface area contributed by atoms with E-state index in [-0.39, 0.29) is 11.2 Å². The Bertz CT molecular complexity index is 1790. The predicted molar refractivity (Wildman–Crippen MR) is 143 cm³/mol. The van der Waals surface area contributed by atoms with Gasteiger partial charge in [0.05, 0.1) is 28.0 Å². The lowest BCUT2D eigenvalue weighted by atomic mass is 10.0. The Morgan fingerprint density at radius 3 is 2.19 bits per heavy atom. The monoisotopic (exact) mass is 497 g/mol. The summed E-state index contributed by atoms with van der Waals surface area (Å²) in [6.07, 6.45) is -0.558. The van der Waals surface area contributed by atoms with Gasteiger partial charge >= 0.3 is 5.69 Å². The maximum Gasteiger partial charge on any atom is 0.331 e. The van der Waals surface area contributed by atoms with Gasteiger partial charge in [0, 0.05) is 19.1 Å².